The molecule has 2 aliphatic heterocycles. The van der Waals surface area contributed by atoms with E-state index in [1.807, 2.05) is 16.7 Å². The Bertz CT molecular complexity index is 493. The summed E-state index contributed by atoms with van der Waals surface area (Å²) in [6.45, 7) is 2.58. The number of nitrogens with two attached hydrogens (primary N) is 1. The van der Waals surface area contributed by atoms with Crippen LogP contribution in [0.4, 0.5) is 8.78 Å². The molecule has 2 heterocycles. The molecule has 23 heavy (non-hydrogen) atoms. The maximum Gasteiger partial charge on any atom is 0.350 e. The monoisotopic (exact) mass is 484 g/mol. The van der Waals surface area contributed by atoms with Crippen LogP contribution in [0, 0.1) is 5.92 Å². The molecule has 0 unspecified atom stereocenters. The number of aliphatic imine (C=N–C) groups is 1. The fraction of sp³-hybridized carbons (Fsp3) is 0.917. The first-order valence-electron chi connectivity index (χ1n) is 7.31. The maximum atomic E-state index is 12.5. The molecule has 0 aromatic carbocycles. The van der Waals surface area contributed by atoms with Gasteiger partial charge in [0.2, 0.25) is 0 Å². The van der Waals surface area contributed by atoms with E-state index in [9.17, 15) is 17.2 Å². The summed E-state index contributed by atoms with van der Waals surface area (Å²) in [4.78, 5) is 6.44. The molecule has 0 aromatic rings. The standard InChI is InChI=1S/C12H22F2N4O2S2.HI/c13-11(14)22(19,20)18-3-1-10(2-4-18)9-16-12(15)17-5-7-21-8-6-17;/h10-11H,1-9H2,(H2,15,16);1H. The van der Waals surface area contributed by atoms with Gasteiger partial charge in [0, 0.05) is 44.2 Å². The minimum absolute atomic E-state index is 0. The van der Waals surface area contributed by atoms with Crippen LogP contribution in [0.1, 0.15) is 12.8 Å². The molecule has 11 heteroatoms. The Balaban J connectivity index is 0.00000264. The van der Waals surface area contributed by atoms with E-state index < -0.39 is 15.8 Å². The van der Waals surface area contributed by atoms with Gasteiger partial charge in [-0.25, -0.2) is 8.42 Å². The third kappa shape index (κ3) is 5.85. The van der Waals surface area contributed by atoms with Crippen LogP contribution in [0.3, 0.4) is 0 Å². The lowest BCUT2D eigenvalue weighted by molar-refractivity contribution is 0.205. The van der Waals surface area contributed by atoms with Crippen LogP contribution in [0.2, 0.25) is 0 Å². The molecule has 6 nitrogen and oxygen atoms in total. The molecule has 0 amide bonds. The smallest absolute Gasteiger partial charge is 0.350 e. The van der Waals surface area contributed by atoms with Gasteiger partial charge in [-0.3, -0.25) is 4.99 Å². The summed E-state index contributed by atoms with van der Waals surface area (Å²) in [6, 6.07) is 0. The zero-order chi connectivity index (χ0) is 16.2. The van der Waals surface area contributed by atoms with E-state index in [0.717, 1.165) is 28.9 Å². The summed E-state index contributed by atoms with van der Waals surface area (Å²) in [5.74, 6) is -0.528. The number of thioether (sulfide) groups is 1. The number of piperidine rings is 1. The summed E-state index contributed by atoms with van der Waals surface area (Å²) in [7, 11) is -4.44. The number of alkyl halides is 2. The average Bonchev–Trinajstić information content (AvgIpc) is 2.53. The van der Waals surface area contributed by atoms with Crippen LogP contribution >= 0.6 is 35.7 Å². The fourth-order valence-electron chi connectivity index (χ4n) is 2.57. The number of sulfonamides is 1. The molecule has 2 fully saturated rings. The Morgan fingerprint density at radius 1 is 1.22 bits per heavy atom. The van der Waals surface area contributed by atoms with E-state index in [0.29, 0.717) is 25.3 Å². The molecule has 2 aliphatic rings. The van der Waals surface area contributed by atoms with Crippen molar-refractivity contribution in [2.24, 2.45) is 16.6 Å². The summed E-state index contributed by atoms with van der Waals surface area (Å²) in [5, 5.41) is 0. The molecule has 0 saturated carbocycles. The lowest BCUT2D eigenvalue weighted by Crippen LogP contribution is -2.44. The molecule has 0 aromatic heterocycles. The van der Waals surface area contributed by atoms with Crippen molar-refractivity contribution < 1.29 is 17.2 Å². The van der Waals surface area contributed by atoms with Crippen LogP contribution in [0.25, 0.3) is 0 Å². The highest BCUT2D eigenvalue weighted by Gasteiger charge is 2.34. The Morgan fingerprint density at radius 2 is 1.78 bits per heavy atom. The molecule has 0 spiro atoms. The van der Waals surface area contributed by atoms with Crippen molar-refractivity contribution in [1.29, 1.82) is 0 Å². The van der Waals surface area contributed by atoms with Gasteiger partial charge in [0.15, 0.2) is 5.96 Å². The highest BCUT2D eigenvalue weighted by molar-refractivity contribution is 14.0. The largest absolute Gasteiger partial charge is 0.370 e. The molecule has 0 atom stereocenters. The van der Waals surface area contributed by atoms with E-state index in [1.54, 1.807) is 0 Å². The number of hydrogen-bond acceptors (Lipinski definition) is 4. The second kappa shape index (κ2) is 9.56. The topological polar surface area (TPSA) is 79.0 Å². The predicted molar refractivity (Wildman–Crippen MR) is 100 cm³/mol. The predicted octanol–water partition coefficient (Wildman–Crippen LogP) is 1.23. The highest BCUT2D eigenvalue weighted by Crippen LogP contribution is 2.22. The lowest BCUT2D eigenvalue weighted by atomic mass is 9.98. The van der Waals surface area contributed by atoms with Gasteiger partial charge in [0.25, 0.3) is 10.0 Å². The normalized spacial score (nSPS) is 22.2. The molecular weight excluding hydrogens is 461 g/mol. The van der Waals surface area contributed by atoms with Gasteiger partial charge in [-0.1, -0.05) is 0 Å². The van der Waals surface area contributed by atoms with E-state index in [-0.39, 0.29) is 43.0 Å². The van der Waals surface area contributed by atoms with Gasteiger partial charge < -0.3 is 10.6 Å². The van der Waals surface area contributed by atoms with Gasteiger partial charge in [0.05, 0.1) is 0 Å². The first kappa shape index (κ1) is 21.2. The van der Waals surface area contributed by atoms with E-state index in [1.165, 1.54) is 0 Å². The van der Waals surface area contributed by atoms with Crippen molar-refractivity contribution in [2.45, 2.75) is 18.6 Å². The van der Waals surface area contributed by atoms with Gasteiger partial charge in [-0.15, -0.1) is 24.0 Å². The molecular formula is C12H23F2IN4O2S2. The van der Waals surface area contributed by atoms with Crippen molar-refractivity contribution in [2.75, 3.05) is 44.2 Å². The number of guanidine groups is 1. The summed E-state index contributed by atoms with van der Waals surface area (Å²) < 4.78 is 48.6. The van der Waals surface area contributed by atoms with E-state index in [4.69, 9.17) is 5.73 Å². The van der Waals surface area contributed by atoms with Crippen molar-refractivity contribution in [3.63, 3.8) is 0 Å². The minimum Gasteiger partial charge on any atom is -0.370 e. The molecule has 0 aliphatic carbocycles. The number of nitrogens with zero attached hydrogens (tertiary/aromatic N) is 3. The molecule has 2 saturated heterocycles. The van der Waals surface area contributed by atoms with Crippen LogP contribution in [-0.2, 0) is 10.0 Å². The number of rotatable bonds is 4. The Labute approximate surface area is 157 Å². The zero-order valence-electron chi connectivity index (χ0n) is 12.7. The Morgan fingerprint density at radius 3 is 2.30 bits per heavy atom. The minimum atomic E-state index is -4.44. The van der Waals surface area contributed by atoms with Crippen molar-refractivity contribution >= 4 is 51.7 Å². The average molecular weight is 484 g/mol. The fourth-order valence-corrected chi connectivity index (χ4v) is 4.42. The van der Waals surface area contributed by atoms with Gasteiger partial charge in [0.1, 0.15) is 0 Å². The Hall–Kier alpha value is 0.120. The first-order chi connectivity index (χ1) is 10.4. The molecule has 136 valence electrons. The van der Waals surface area contributed by atoms with Crippen LogP contribution < -0.4 is 5.73 Å². The second-order valence-corrected chi connectivity index (χ2v) is 8.57. The van der Waals surface area contributed by atoms with Gasteiger partial charge >= 0.3 is 5.76 Å². The first-order valence-corrected chi connectivity index (χ1v) is 9.97. The summed E-state index contributed by atoms with van der Waals surface area (Å²) in [5.41, 5.74) is 5.96. The molecule has 2 rings (SSSR count). The molecule has 0 bridgehead atoms. The molecule has 0 radical (unpaired) electrons. The highest BCUT2D eigenvalue weighted by atomic mass is 127. The maximum absolute atomic E-state index is 12.5. The van der Waals surface area contributed by atoms with Crippen molar-refractivity contribution in [3.8, 4) is 0 Å². The summed E-state index contributed by atoms with van der Waals surface area (Å²) in [6.07, 6.45) is 1.08. The quantitative estimate of drug-likeness (QED) is 0.369. The second-order valence-electron chi connectivity index (χ2n) is 5.45. The third-order valence-electron chi connectivity index (χ3n) is 4.01. The SMILES string of the molecule is I.NC(=NCC1CCN(S(=O)(=O)C(F)F)CC1)N1CCSCC1. The van der Waals surface area contributed by atoms with Crippen LogP contribution in [-0.4, -0.2) is 73.6 Å². The van der Waals surface area contributed by atoms with Crippen LogP contribution in [0.5, 0.6) is 0 Å². The van der Waals surface area contributed by atoms with Crippen LogP contribution in [0.15, 0.2) is 4.99 Å². The Kier molecular flexibility index (Phi) is 8.80. The van der Waals surface area contributed by atoms with E-state index in [2.05, 4.69) is 4.99 Å². The van der Waals surface area contributed by atoms with Crippen molar-refractivity contribution in [1.82, 2.24) is 9.21 Å². The molecule has 2 N–H and O–H groups in total. The van der Waals surface area contributed by atoms with E-state index >= 15 is 0 Å². The van der Waals surface area contributed by atoms with Crippen molar-refractivity contribution in [3.05, 3.63) is 0 Å². The number of hydrogen-bond donors (Lipinski definition) is 1. The number of halogens is 3. The summed E-state index contributed by atoms with van der Waals surface area (Å²) >= 11 is 1.89. The van der Waals surface area contributed by atoms with Gasteiger partial charge in [-0.2, -0.15) is 24.8 Å². The zero-order valence-corrected chi connectivity index (χ0v) is 16.7. The third-order valence-corrected chi connectivity index (χ3v) is 6.48. The lowest BCUT2D eigenvalue weighted by Gasteiger charge is -2.31. The van der Waals surface area contributed by atoms with Gasteiger partial charge in [-0.05, 0) is 18.8 Å².